The summed E-state index contributed by atoms with van der Waals surface area (Å²) in [5, 5.41) is 0. The molecular formula is C18H30O. The summed E-state index contributed by atoms with van der Waals surface area (Å²) in [6, 6.07) is 0. The Bertz CT molecular complexity index is 352. The maximum absolute atomic E-state index is 10.8. The molecule has 0 aliphatic heterocycles. The van der Waals surface area contributed by atoms with Crippen LogP contribution in [0, 0.1) is 0 Å². The molecule has 0 aromatic heterocycles. The van der Waals surface area contributed by atoms with E-state index in [1.54, 1.807) is 6.92 Å². The van der Waals surface area contributed by atoms with Crippen molar-refractivity contribution < 1.29 is 4.79 Å². The molecule has 0 heterocycles. The molecule has 108 valence electrons. The standard InChI is InChI=1S/C18H30O/c1-15(2)9-6-10-16(3)11-7-12-17(4)13-8-14-18(5)19/h9,11,13H,6-8,10,12,14H2,1-5H3/b16-11+,17-13?. The Morgan fingerprint density at radius 1 is 0.684 bits per heavy atom. The first-order chi connectivity index (χ1) is 8.91. The second kappa shape index (κ2) is 10.8. The maximum atomic E-state index is 10.8. The molecule has 0 rings (SSSR count). The van der Waals surface area contributed by atoms with Gasteiger partial charge in [-0.15, -0.1) is 0 Å². The molecule has 0 aromatic rings. The topological polar surface area (TPSA) is 17.1 Å². The molecule has 0 amide bonds. The zero-order valence-electron chi connectivity index (χ0n) is 13.4. The number of allylic oxidation sites excluding steroid dienone is 6. The van der Waals surface area contributed by atoms with Crippen LogP contribution in [0.5, 0.6) is 0 Å². The molecule has 0 atom stereocenters. The molecule has 0 fully saturated rings. The normalized spacial score (nSPS) is 12.5. The van der Waals surface area contributed by atoms with Gasteiger partial charge in [0.25, 0.3) is 0 Å². The number of Topliss-reactive ketones (excluding diaryl/α,β-unsaturated/α-hetero) is 1. The molecule has 0 aliphatic rings. The zero-order valence-corrected chi connectivity index (χ0v) is 13.4. The highest BCUT2D eigenvalue weighted by molar-refractivity contribution is 5.75. The van der Waals surface area contributed by atoms with Gasteiger partial charge in [-0.1, -0.05) is 34.9 Å². The van der Waals surface area contributed by atoms with Crippen LogP contribution >= 0.6 is 0 Å². The molecule has 0 N–H and O–H groups in total. The molecule has 0 aliphatic carbocycles. The monoisotopic (exact) mass is 262 g/mol. The van der Waals surface area contributed by atoms with Crippen molar-refractivity contribution in [3.63, 3.8) is 0 Å². The van der Waals surface area contributed by atoms with E-state index in [1.165, 1.54) is 16.7 Å². The van der Waals surface area contributed by atoms with Crippen molar-refractivity contribution in [2.75, 3.05) is 0 Å². The lowest BCUT2D eigenvalue weighted by molar-refractivity contribution is -0.116. The summed E-state index contributed by atoms with van der Waals surface area (Å²) >= 11 is 0. The van der Waals surface area contributed by atoms with Gasteiger partial charge < -0.3 is 4.79 Å². The predicted octanol–water partition coefficient (Wildman–Crippen LogP) is 5.77. The first-order valence-electron chi connectivity index (χ1n) is 7.36. The third-order valence-corrected chi connectivity index (χ3v) is 3.11. The third kappa shape index (κ3) is 13.1. The van der Waals surface area contributed by atoms with Gasteiger partial charge in [-0.2, -0.15) is 0 Å². The summed E-state index contributed by atoms with van der Waals surface area (Å²) in [7, 11) is 0. The predicted molar refractivity (Wildman–Crippen MR) is 85.3 cm³/mol. The first-order valence-corrected chi connectivity index (χ1v) is 7.36. The lowest BCUT2D eigenvalue weighted by atomic mass is 10.1. The highest BCUT2D eigenvalue weighted by Crippen LogP contribution is 2.12. The van der Waals surface area contributed by atoms with Gasteiger partial charge in [0.2, 0.25) is 0 Å². The highest BCUT2D eigenvalue weighted by atomic mass is 16.1. The number of hydrogen-bond donors (Lipinski definition) is 0. The van der Waals surface area contributed by atoms with Gasteiger partial charge in [-0.05, 0) is 66.7 Å². The van der Waals surface area contributed by atoms with Crippen LogP contribution in [0.15, 0.2) is 34.9 Å². The lowest BCUT2D eigenvalue weighted by Crippen LogP contribution is -1.87. The second-order valence-electron chi connectivity index (χ2n) is 5.70. The molecule has 0 saturated heterocycles. The summed E-state index contributed by atoms with van der Waals surface area (Å²) in [6.45, 7) is 10.3. The number of carbonyl (C=O) groups excluding carboxylic acids is 1. The lowest BCUT2D eigenvalue weighted by Gasteiger charge is -2.01. The van der Waals surface area contributed by atoms with Crippen LogP contribution < -0.4 is 0 Å². The van der Waals surface area contributed by atoms with Gasteiger partial charge in [-0.25, -0.2) is 0 Å². The smallest absolute Gasteiger partial charge is 0.130 e. The Morgan fingerprint density at radius 2 is 1.11 bits per heavy atom. The van der Waals surface area contributed by atoms with Gasteiger partial charge in [0.05, 0.1) is 0 Å². The minimum Gasteiger partial charge on any atom is -0.300 e. The quantitative estimate of drug-likeness (QED) is 0.482. The van der Waals surface area contributed by atoms with Crippen LogP contribution in [0.1, 0.15) is 73.1 Å². The van der Waals surface area contributed by atoms with Crippen LogP contribution in [0.2, 0.25) is 0 Å². The van der Waals surface area contributed by atoms with E-state index in [0.29, 0.717) is 6.42 Å². The Balaban J connectivity index is 3.86. The molecule has 0 spiro atoms. The van der Waals surface area contributed by atoms with Crippen LogP contribution in [-0.4, -0.2) is 5.78 Å². The fraction of sp³-hybridized carbons (Fsp3) is 0.611. The summed E-state index contributed by atoms with van der Waals surface area (Å²) < 4.78 is 0. The molecule has 19 heavy (non-hydrogen) atoms. The molecule has 0 saturated carbocycles. The van der Waals surface area contributed by atoms with Gasteiger partial charge in [0.1, 0.15) is 5.78 Å². The molecule has 0 unspecified atom stereocenters. The van der Waals surface area contributed by atoms with E-state index in [0.717, 1.165) is 32.1 Å². The van der Waals surface area contributed by atoms with Gasteiger partial charge >= 0.3 is 0 Å². The van der Waals surface area contributed by atoms with Crippen LogP contribution in [0.3, 0.4) is 0 Å². The minimum atomic E-state index is 0.277. The Morgan fingerprint density at radius 3 is 1.53 bits per heavy atom. The van der Waals surface area contributed by atoms with Gasteiger partial charge in [-0.3, -0.25) is 0 Å². The van der Waals surface area contributed by atoms with E-state index in [1.807, 2.05) is 0 Å². The Labute approximate surface area is 119 Å². The number of carbonyl (C=O) groups is 1. The average Bonchev–Trinajstić information content (AvgIpc) is 2.27. The molecule has 1 nitrogen and oxygen atoms in total. The SMILES string of the molecule is CC(=O)CCC=C(C)CC/C=C(\C)CCC=C(C)C. The Kier molecular flexibility index (Phi) is 10.1. The van der Waals surface area contributed by atoms with Crippen LogP contribution in [0.4, 0.5) is 0 Å². The fourth-order valence-corrected chi connectivity index (χ4v) is 1.86. The van der Waals surface area contributed by atoms with E-state index in [9.17, 15) is 4.79 Å². The van der Waals surface area contributed by atoms with E-state index in [4.69, 9.17) is 0 Å². The molecule has 0 aromatic carbocycles. The average molecular weight is 262 g/mol. The molecular weight excluding hydrogens is 232 g/mol. The number of rotatable bonds is 9. The van der Waals surface area contributed by atoms with Crippen molar-refractivity contribution >= 4 is 5.78 Å². The van der Waals surface area contributed by atoms with Crippen LogP contribution in [-0.2, 0) is 4.79 Å². The molecule has 0 bridgehead atoms. The van der Waals surface area contributed by atoms with Crippen molar-refractivity contribution in [1.82, 2.24) is 0 Å². The Hall–Kier alpha value is -1.11. The largest absolute Gasteiger partial charge is 0.300 e. The summed E-state index contributed by atoms with van der Waals surface area (Å²) in [6.07, 6.45) is 13.0. The highest BCUT2D eigenvalue weighted by Gasteiger charge is 1.93. The summed E-state index contributed by atoms with van der Waals surface area (Å²) in [5.41, 5.74) is 4.28. The summed E-state index contributed by atoms with van der Waals surface area (Å²) in [5.74, 6) is 0.277. The third-order valence-electron chi connectivity index (χ3n) is 3.11. The first kappa shape index (κ1) is 17.9. The number of hydrogen-bond acceptors (Lipinski definition) is 1. The van der Waals surface area contributed by atoms with Crippen molar-refractivity contribution in [3.05, 3.63) is 34.9 Å². The molecule has 0 radical (unpaired) electrons. The van der Waals surface area contributed by atoms with Crippen molar-refractivity contribution in [1.29, 1.82) is 0 Å². The van der Waals surface area contributed by atoms with Crippen molar-refractivity contribution in [3.8, 4) is 0 Å². The van der Waals surface area contributed by atoms with Crippen LogP contribution in [0.25, 0.3) is 0 Å². The van der Waals surface area contributed by atoms with E-state index >= 15 is 0 Å². The number of ketones is 1. The minimum absolute atomic E-state index is 0.277. The van der Waals surface area contributed by atoms with Crippen molar-refractivity contribution in [2.24, 2.45) is 0 Å². The maximum Gasteiger partial charge on any atom is 0.130 e. The van der Waals surface area contributed by atoms with Crippen molar-refractivity contribution in [2.45, 2.75) is 73.1 Å². The van der Waals surface area contributed by atoms with Gasteiger partial charge in [0.15, 0.2) is 0 Å². The zero-order chi connectivity index (χ0) is 14.7. The molecule has 1 heteroatoms. The second-order valence-corrected chi connectivity index (χ2v) is 5.70. The van der Waals surface area contributed by atoms with E-state index < -0.39 is 0 Å². The van der Waals surface area contributed by atoms with Gasteiger partial charge in [0, 0.05) is 6.42 Å². The summed E-state index contributed by atoms with van der Waals surface area (Å²) in [4.78, 5) is 10.8. The van der Waals surface area contributed by atoms with E-state index in [-0.39, 0.29) is 5.78 Å². The fourth-order valence-electron chi connectivity index (χ4n) is 1.86. The van der Waals surface area contributed by atoms with E-state index in [2.05, 4.69) is 45.9 Å².